The predicted octanol–water partition coefficient (Wildman–Crippen LogP) is 2.80. The second kappa shape index (κ2) is 7.85. The van der Waals surface area contributed by atoms with Crippen LogP contribution in [0.1, 0.15) is 55.5 Å². The summed E-state index contributed by atoms with van der Waals surface area (Å²) in [6.45, 7) is 5.05. The number of rotatable bonds is 7. The van der Waals surface area contributed by atoms with E-state index in [4.69, 9.17) is 4.74 Å². The number of nitrogens with one attached hydrogen (secondary N) is 2. The van der Waals surface area contributed by atoms with Crippen LogP contribution in [0.5, 0.6) is 5.75 Å². The van der Waals surface area contributed by atoms with Crippen molar-refractivity contribution in [3.63, 3.8) is 0 Å². The summed E-state index contributed by atoms with van der Waals surface area (Å²) in [6, 6.07) is 4.58. The summed E-state index contributed by atoms with van der Waals surface area (Å²) in [7, 11) is 1.54. The molecule has 0 aromatic heterocycles. The van der Waals surface area contributed by atoms with Crippen molar-refractivity contribution in [2.24, 2.45) is 5.41 Å². The summed E-state index contributed by atoms with van der Waals surface area (Å²) in [5.41, 5.74) is 0.983. The quantitative estimate of drug-likeness (QED) is 0.795. The molecule has 2 N–H and O–H groups in total. The first kappa shape index (κ1) is 19.2. The van der Waals surface area contributed by atoms with Gasteiger partial charge in [0.15, 0.2) is 0 Å². The smallest absolute Gasteiger partial charge is 0.252 e. The van der Waals surface area contributed by atoms with Gasteiger partial charge in [-0.2, -0.15) is 0 Å². The van der Waals surface area contributed by atoms with Gasteiger partial charge in [-0.1, -0.05) is 26.8 Å². The van der Waals surface area contributed by atoms with Crippen molar-refractivity contribution < 1.29 is 18.7 Å². The lowest BCUT2D eigenvalue weighted by molar-refractivity contribution is -0.124. The van der Waals surface area contributed by atoms with E-state index in [0.29, 0.717) is 17.2 Å². The first-order valence-corrected chi connectivity index (χ1v) is 8.63. The van der Waals surface area contributed by atoms with E-state index in [1.54, 1.807) is 19.2 Å². The first-order chi connectivity index (χ1) is 11.8. The summed E-state index contributed by atoms with van der Waals surface area (Å²) in [4.78, 5) is 24.7. The third kappa shape index (κ3) is 4.94. The first-order valence-electron chi connectivity index (χ1n) is 8.63. The number of carbonyl (C=O) groups is 2. The van der Waals surface area contributed by atoms with E-state index >= 15 is 0 Å². The summed E-state index contributed by atoms with van der Waals surface area (Å²) >= 11 is 0. The lowest BCUT2D eigenvalue weighted by Gasteiger charge is -2.30. The minimum atomic E-state index is -0.664. The maximum absolute atomic E-state index is 12.6. The fourth-order valence-corrected chi connectivity index (χ4v) is 2.71. The maximum Gasteiger partial charge on any atom is 0.252 e. The number of amides is 2. The van der Waals surface area contributed by atoms with Gasteiger partial charge < -0.3 is 15.4 Å². The molecule has 0 aliphatic heterocycles. The number of likely N-dealkylation sites (N-methyl/N-ethyl adjacent to an activating group) is 1. The maximum atomic E-state index is 12.6. The topological polar surface area (TPSA) is 67.4 Å². The van der Waals surface area contributed by atoms with Gasteiger partial charge in [-0.15, -0.1) is 0 Å². The Hall–Kier alpha value is -2.11. The highest BCUT2D eigenvalue weighted by Gasteiger charge is 2.33. The van der Waals surface area contributed by atoms with Crippen molar-refractivity contribution >= 4 is 11.8 Å². The SMILES string of the molecule is CNC(=O)C(NC(=O)c1ccc(C2CC2)c(OCCF)c1)C(C)(C)C. The zero-order valence-electron chi connectivity index (χ0n) is 15.3. The molecule has 1 atom stereocenters. The molecule has 25 heavy (non-hydrogen) atoms. The van der Waals surface area contributed by atoms with Gasteiger partial charge in [0, 0.05) is 12.6 Å². The van der Waals surface area contributed by atoms with E-state index in [0.717, 1.165) is 18.4 Å². The van der Waals surface area contributed by atoms with Crippen LogP contribution in [-0.4, -0.2) is 38.2 Å². The van der Waals surface area contributed by atoms with Gasteiger partial charge in [-0.3, -0.25) is 9.59 Å². The molecule has 0 spiro atoms. The largest absolute Gasteiger partial charge is 0.491 e. The molecule has 1 fully saturated rings. The molecule has 1 aliphatic rings. The van der Waals surface area contributed by atoms with E-state index in [1.807, 2.05) is 26.8 Å². The fourth-order valence-electron chi connectivity index (χ4n) is 2.71. The van der Waals surface area contributed by atoms with E-state index < -0.39 is 18.1 Å². The Labute approximate surface area is 148 Å². The number of alkyl halides is 1. The highest BCUT2D eigenvalue weighted by molar-refractivity contribution is 5.98. The summed E-state index contributed by atoms with van der Waals surface area (Å²) in [5, 5.41) is 5.37. The van der Waals surface area contributed by atoms with Crippen LogP contribution in [0.2, 0.25) is 0 Å². The van der Waals surface area contributed by atoms with Gasteiger partial charge in [0.05, 0.1) is 0 Å². The number of benzene rings is 1. The Morgan fingerprint density at radius 1 is 1.32 bits per heavy atom. The number of hydrogen-bond acceptors (Lipinski definition) is 3. The van der Waals surface area contributed by atoms with Crippen LogP contribution < -0.4 is 15.4 Å². The summed E-state index contributed by atoms with van der Waals surface area (Å²) < 4.78 is 18.0. The van der Waals surface area contributed by atoms with Crippen LogP contribution in [0.4, 0.5) is 4.39 Å². The van der Waals surface area contributed by atoms with Crippen molar-refractivity contribution in [3.05, 3.63) is 29.3 Å². The Morgan fingerprint density at radius 3 is 2.52 bits per heavy atom. The van der Waals surface area contributed by atoms with E-state index in [2.05, 4.69) is 10.6 Å². The third-order valence-electron chi connectivity index (χ3n) is 4.28. The number of ether oxygens (including phenoxy) is 1. The molecule has 1 aliphatic carbocycles. The summed E-state index contributed by atoms with van der Waals surface area (Å²) in [6.07, 6.45) is 2.17. The molecule has 1 aromatic rings. The molecular weight excluding hydrogens is 323 g/mol. The third-order valence-corrected chi connectivity index (χ3v) is 4.28. The van der Waals surface area contributed by atoms with Gasteiger partial charge in [0.1, 0.15) is 25.1 Å². The number of hydrogen-bond donors (Lipinski definition) is 2. The molecular formula is C19H27FN2O3. The Balaban J connectivity index is 2.21. The molecule has 138 valence electrons. The molecule has 2 rings (SSSR count). The van der Waals surface area contributed by atoms with Crippen LogP contribution in [0.25, 0.3) is 0 Å². The molecule has 2 amide bonds. The van der Waals surface area contributed by atoms with Crippen LogP contribution in [-0.2, 0) is 4.79 Å². The molecule has 0 radical (unpaired) electrons. The summed E-state index contributed by atoms with van der Waals surface area (Å²) in [5.74, 6) is 0.389. The molecule has 0 bridgehead atoms. The van der Waals surface area contributed by atoms with Gasteiger partial charge >= 0.3 is 0 Å². The zero-order valence-corrected chi connectivity index (χ0v) is 15.3. The van der Waals surface area contributed by atoms with Crippen molar-refractivity contribution in [1.82, 2.24) is 10.6 Å². The molecule has 1 unspecified atom stereocenters. The Kier molecular flexibility index (Phi) is 6.03. The molecule has 0 heterocycles. The van der Waals surface area contributed by atoms with Gasteiger partial charge in [0.2, 0.25) is 5.91 Å². The van der Waals surface area contributed by atoms with Gasteiger partial charge in [-0.05, 0) is 41.9 Å². The Bertz CT molecular complexity index is 636. The zero-order chi connectivity index (χ0) is 18.6. The van der Waals surface area contributed by atoms with Crippen LogP contribution in [0, 0.1) is 5.41 Å². The fraction of sp³-hybridized carbons (Fsp3) is 0.579. The predicted molar refractivity (Wildman–Crippen MR) is 94.7 cm³/mol. The number of halogens is 1. The Morgan fingerprint density at radius 2 is 2.00 bits per heavy atom. The normalized spacial score (nSPS) is 15.4. The van der Waals surface area contributed by atoms with Crippen molar-refractivity contribution in [2.45, 2.75) is 45.6 Å². The van der Waals surface area contributed by atoms with Crippen molar-refractivity contribution in [1.29, 1.82) is 0 Å². The van der Waals surface area contributed by atoms with Crippen LogP contribution >= 0.6 is 0 Å². The minimum absolute atomic E-state index is 0.0341. The minimum Gasteiger partial charge on any atom is -0.491 e. The van der Waals surface area contributed by atoms with Crippen molar-refractivity contribution in [3.8, 4) is 5.75 Å². The van der Waals surface area contributed by atoms with Crippen LogP contribution in [0.15, 0.2) is 18.2 Å². The highest BCUT2D eigenvalue weighted by Crippen LogP contribution is 2.44. The molecule has 0 saturated heterocycles. The van der Waals surface area contributed by atoms with E-state index in [9.17, 15) is 14.0 Å². The lowest BCUT2D eigenvalue weighted by atomic mass is 9.86. The average Bonchev–Trinajstić information content (AvgIpc) is 3.40. The lowest BCUT2D eigenvalue weighted by Crippen LogP contribution is -2.52. The van der Waals surface area contributed by atoms with Crippen LogP contribution in [0.3, 0.4) is 0 Å². The highest BCUT2D eigenvalue weighted by atomic mass is 19.1. The number of carbonyl (C=O) groups excluding carboxylic acids is 2. The average molecular weight is 350 g/mol. The standard InChI is InChI=1S/C19H27FN2O3/c1-19(2,3)16(18(24)21-4)22-17(23)13-7-8-14(12-5-6-12)15(11-13)25-10-9-20/h7-8,11-12,16H,5-6,9-10H2,1-4H3,(H,21,24)(H,22,23). The van der Waals surface area contributed by atoms with E-state index in [-0.39, 0.29) is 18.4 Å². The second-order valence-electron chi connectivity index (χ2n) is 7.45. The molecule has 1 saturated carbocycles. The van der Waals surface area contributed by atoms with Gasteiger partial charge in [-0.25, -0.2) is 4.39 Å². The molecule has 1 aromatic carbocycles. The second-order valence-corrected chi connectivity index (χ2v) is 7.45. The van der Waals surface area contributed by atoms with E-state index in [1.165, 1.54) is 0 Å². The molecule has 6 heteroatoms. The van der Waals surface area contributed by atoms with Crippen molar-refractivity contribution in [2.75, 3.05) is 20.3 Å². The monoisotopic (exact) mass is 350 g/mol. The van der Waals surface area contributed by atoms with Gasteiger partial charge in [0.25, 0.3) is 5.91 Å². The molecule has 5 nitrogen and oxygen atoms in total.